The first-order valence-electron chi connectivity index (χ1n) is 3.19. The highest BCUT2D eigenvalue weighted by atomic mass is 14.8. The van der Waals surface area contributed by atoms with Gasteiger partial charge in [0.2, 0.25) is 0 Å². The summed E-state index contributed by atoms with van der Waals surface area (Å²) in [6.45, 7) is 2.12. The number of hydrogen-bond donors (Lipinski definition) is 1. The molecule has 3 N–H and O–H groups in total. The molecule has 56 valence electrons. The minimum atomic E-state index is 0. The van der Waals surface area contributed by atoms with Gasteiger partial charge in [-0.05, 0) is 12.5 Å². The van der Waals surface area contributed by atoms with Crippen molar-refractivity contribution in [3.63, 3.8) is 0 Å². The molecule has 3 heteroatoms. The van der Waals surface area contributed by atoms with E-state index in [1.165, 1.54) is 0 Å². The van der Waals surface area contributed by atoms with Crippen LogP contribution in [0, 0.1) is 0 Å². The summed E-state index contributed by atoms with van der Waals surface area (Å²) >= 11 is 0. The first-order valence-corrected chi connectivity index (χ1v) is 3.19. The Morgan fingerprint density at radius 1 is 1.30 bits per heavy atom. The molecular formula is C7H13N3. The zero-order valence-corrected chi connectivity index (χ0v) is 6.25. The second-order valence-corrected chi connectivity index (χ2v) is 1.92. The Kier molecular flexibility index (Phi) is 4.41. The summed E-state index contributed by atoms with van der Waals surface area (Å²) in [5.74, 6) is 0.944. The molecule has 0 aromatic carbocycles. The molecule has 0 aliphatic carbocycles. The van der Waals surface area contributed by atoms with Crippen LogP contribution < -0.4 is 6.15 Å². The van der Waals surface area contributed by atoms with Crippen molar-refractivity contribution in [1.82, 2.24) is 16.1 Å². The fourth-order valence-corrected chi connectivity index (χ4v) is 0.683. The number of aryl methyl sites for hydroxylation is 1. The maximum atomic E-state index is 4.06. The molecule has 0 saturated carbocycles. The molecule has 0 aliphatic heterocycles. The summed E-state index contributed by atoms with van der Waals surface area (Å²) in [6, 6.07) is 1.83. The lowest BCUT2D eigenvalue weighted by molar-refractivity contribution is 0.834. The fraction of sp³-hybridized carbons (Fsp3) is 0.429. The average Bonchev–Trinajstić information content (AvgIpc) is 1.91. The highest BCUT2D eigenvalue weighted by molar-refractivity contribution is 4.87. The van der Waals surface area contributed by atoms with E-state index in [0.29, 0.717) is 0 Å². The minimum Gasteiger partial charge on any atom is -0.344 e. The van der Waals surface area contributed by atoms with E-state index in [1.54, 1.807) is 12.4 Å². The molecular weight excluding hydrogens is 126 g/mol. The van der Waals surface area contributed by atoms with Crippen LogP contribution >= 0.6 is 0 Å². The van der Waals surface area contributed by atoms with Gasteiger partial charge < -0.3 is 6.15 Å². The van der Waals surface area contributed by atoms with Crippen molar-refractivity contribution in [2.24, 2.45) is 0 Å². The van der Waals surface area contributed by atoms with Crippen molar-refractivity contribution in [2.45, 2.75) is 19.8 Å². The van der Waals surface area contributed by atoms with E-state index < -0.39 is 0 Å². The zero-order valence-electron chi connectivity index (χ0n) is 6.25. The van der Waals surface area contributed by atoms with Crippen LogP contribution in [0.25, 0.3) is 0 Å². The maximum Gasteiger partial charge on any atom is 0.128 e. The monoisotopic (exact) mass is 139 g/mol. The van der Waals surface area contributed by atoms with Crippen LogP contribution in [0.15, 0.2) is 18.5 Å². The van der Waals surface area contributed by atoms with Gasteiger partial charge in [0.05, 0.1) is 0 Å². The summed E-state index contributed by atoms with van der Waals surface area (Å²) < 4.78 is 0. The molecule has 0 amide bonds. The Labute approximate surface area is 61.1 Å². The van der Waals surface area contributed by atoms with Crippen LogP contribution in [-0.2, 0) is 6.42 Å². The van der Waals surface area contributed by atoms with Gasteiger partial charge in [0.15, 0.2) is 0 Å². The standard InChI is InChI=1S/C7H10N2.H3N/c1-2-4-7-8-5-3-6-9-7;/h3,5-6H,2,4H2,1H3;1H3. The summed E-state index contributed by atoms with van der Waals surface area (Å²) in [5, 5.41) is 0. The van der Waals surface area contributed by atoms with Crippen molar-refractivity contribution in [3.05, 3.63) is 24.3 Å². The van der Waals surface area contributed by atoms with Gasteiger partial charge >= 0.3 is 0 Å². The largest absolute Gasteiger partial charge is 0.344 e. The molecule has 1 aromatic rings. The number of hydrogen-bond acceptors (Lipinski definition) is 3. The Bertz CT molecular complexity index is 162. The van der Waals surface area contributed by atoms with E-state index in [1.807, 2.05) is 6.07 Å². The maximum absolute atomic E-state index is 4.06. The molecule has 0 unspecified atom stereocenters. The molecule has 10 heavy (non-hydrogen) atoms. The van der Waals surface area contributed by atoms with E-state index in [9.17, 15) is 0 Å². The highest BCUT2D eigenvalue weighted by Crippen LogP contribution is 1.91. The van der Waals surface area contributed by atoms with E-state index in [2.05, 4.69) is 16.9 Å². The van der Waals surface area contributed by atoms with Gasteiger partial charge in [0.1, 0.15) is 5.82 Å². The first kappa shape index (κ1) is 9.04. The van der Waals surface area contributed by atoms with Gasteiger partial charge in [-0.1, -0.05) is 6.92 Å². The summed E-state index contributed by atoms with van der Waals surface area (Å²) in [7, 11) is 0. The van der Waals surface area contributed by atoms with Gasteiger partial charge in [0.25, 0.3) is 0 Å². The molecule has 0 saturated heterocycles. The minimum absolute atomic E-state index is 0. The number of rotatable bonds is 2. The van der Waals surface area contributed by atoms with E-state index >= 15 is 0 Å². The van der Waals surface area contributed by atoms with Gasteiger partial charge in [-0.25, -0.2) is 9.97 Å². The van der Waals surface area contributed by atoms with Crippen molar-refractivity contribution in [2.75, 3.05) is 0 Å². The SMILES string of the molecule is CCCc1ncccn1.N. The van der Waals surface area contributed by atoms with Crippen molar-refractivity contribution in [3.8, 4) is 0 Å². The Balaban J connectivity index is 0.000000810. The van der Waals surface area contributed by atoms with Gasteiger partial charge in [0, 0.05) is 18.8 Å². The normalized spacial score (nSPS) is 8.50. The molecule has 0 spiro atoms. The molecule has 1 heterocycles. The van der Waals surface area contributed by atoms with E-state index in [4.69, 9.17) is 0 Å². The quantitative estimate of drug-likeness (QED) is 0.676. The predicted octanol–water partition coefficient (Wildman–Crippen LogP) is 1.59. The first-order chi connectivity index (χ1) is 4.43. The van der Waals surface area contributed by atoms with E-state index in [0.717, 1.165) is 18.7 Å². The van der Waals surface area contributed by atoms with Gasteiger partial charge in [-0.15, -0.1) is 0 Å². The Morgan fingerprint density at radius 3 is 2.40 bits per heavy atom. The van der Waals surface area contributed by atoms with Crippen LogP contribution in [-0.4, -0.2) is 9.97 Å². The Hall–Kier alpha value is -0.960. The fourth-order valence-electron chi connectivity index (χ4n) is 0.683. The van der Waals surface area contributed by atoms with Gasteiger partial charge in [-0.3, -0.25) is 0 Å². The van der Waals surface area contributed by atoms with Crippen molar-refractivity contribution >= 4 is 0 Å². The molecule has 3 nitrogen and oxygen atoms in total. The third kappa shape index (κ3) is 2.55. The average molecular weight is 139 g/mol. The van der Waals surface area contributed by atoms with Gasteiger partial charge in [-0.2, -0.15) is 0 Å². The number of aromatic nitrogens is 2. The molecule has 0 atom stereocenters. The molecule has 0 fully saturated rings. The van der Waals surface area contributed by atoms with Crippen LogP contribution in [0.3, 0.4) is 0 Å². The molecule has 1 rings (SSSR count). The smallest absolute Gasteiger partial charge is 0.128 e. The molecule has 0 bridgehead atoms. The molecule has 1 aromatic heterocycles. The van der Waals surface area contributed by atoms with Crippen molar-refractivity contribution in [1.29, 1.82) is 0 Å². The van der Waals surface area contributed by atoms with Crippen LogP contribution in [0.5, 0.6) is 0 Å². The Morgan fingerprint density at radius 2 is 1.90 bits per heavy atom. The van der Waals surface area contributed by atoms with Crippen LogP contribution in [0.4, 0.5) is 0 Å². The zero-order chi connectivity index (χ0) is 6.53. The van der Waals surface area contributed by atoms with Crippen LogP contribution in [0.1, 0.15) is 19.2 Å². The lowest BCUT2D eigenvalue weighted by Crippen LogP contribution is -1.90. The summed E-state index contributed by atoms with van der Waals surface area (Å²) in [5.41, 5.74) is 0. The van der Waals surface area contributed by atoms with Crippen molar-refractivity contribution < 1.29 is 0 Å². The summed E-state index contributed by atoms with van der Waals surface area (Å²) in [4.78, 5) is 8.11. The topological polar surface area (TPSA) is 60.8 Å². The predicted molar refractivity (Wildman–Crippen MR) is 41.0 cm³/mol. The molecule has 0 radical (unpaired) electrons. The second kappa shape index (κ2) is 4.88. The summed E-state index contributed by atoms with van der Waals surface area (Å²) in [6.07, 6.45) is 5.65. The highest BCUT2D eigenvalue weighted by Gasteiger charge is 1.88. The number of nitrogens with zero attached hydrogens (tertiary/aromatic N) is 2. The third-order valence-electron chi connectivity index (χ3n) is 1.09. The lowest BCUT2D eigenvalue weighted by atomic mass is 10.3. The van der Waals surface area contributed by atoms with E-state index in [-0.39, 0.29) is 6.15 Å². The third-order valence-corrected chi connectivity index (χ3v) is 1.09. The second-order valence-electron chi connectivity index (χ2n) is 1.92. The lowest BCUT2D eigenvalue weighted by Gasteiger charge is -1.91. The van der Waals surface area contributed by atoms with Crippen LogP contribution in [0.2, 0.25) is 0 Å². The molecule has 0 aliphatic rings.